The Morgan fingerprint density at radius 1 is 1.36 bits per heavy atom. The summed E-state index contributed by atoms with van der Waals surface area (Å²) in [5.74, 6) is 0.494. The summed E-state index contributed by atoms with van der Waals surface area (Å²) >= 11 is 0. The molecule has 2 heterocycles. The van der Waals surface area contributed by atoms with Crippen LogP contribution < -0.4 is 10.1 Å². The molecule has 2 aliphatic rings. The summed E-state index contributed by atoms with van der Waals surface area (Å²) in [5.41, 5.74) is 1.20. The molecular formula is C17H22N2O3. The number of rotatable bonds is 2. The zero-order chi connectivity index (χ0) is 15.5. The average molecular weight is 302 g/mol. The number of benzene rings is 1. The first kappa shape index (κ1) is 14.9. The third-order valence-electron chi connectivity index (χ3n) is 4.47. The number of anilines is 1. The highest BCUT2D eigenvalue weighted by molar-refractivity contribution is 6.00. The number of carbonyl (C=O) groups is 2. The van der Waals surface area contributed by atoms with E-state index in [1.54, 1.807) is 18.2 Å². The van der Waals surface area contributed by atoms with E-state index < -0.39 is 0 Å². The summed E-state index contributed by atoms with van der Waals surface area (Å²) in [6.45, 7) is 2.98. The minimum Gasteiger partial charge on any atom is -0.482 e. The van der Waals surface area contributed by atoms with Crippen LogP contribution in [0.1, 0.15) is 49.4 Å². The highest BCUT2D eigenvalue weighted by Gasteiger charge is 2.26. The van der Waals surface area contributed by atoms with Crippen LogP contribution in [-0.4, -0.2) is 35.9 Å². The van der Waals surface area contributed by atoms with Crippen molar-refractivity contribution in [3.63, 3.8) is 0 Å². The lowest BCUT2D eigenvalue weighted by atomic mass is 10.1. The van der Waals surface area contributed by atoms with E-state index in [2.05, 4.69) is 12.2 Å². The fraction of sp³-hybridized carbons (Fsp3) is 0.529. The van der Waals surface area contributed by atoms with Crippen molar-refractivity contribution in [1.82, 2.24) is 4.90 Å². The van der Waals surface area contributed by atoms with Crippen LogP contribution in [0.3, 0.4) is 0 Å². The SMILES string of the molecule is CC[C@H]1CCCCCN1C(=O)c1ccc2c(c1)NC(=O)CO2. The molecule has 1 atom stereocenters. The Hall–Kier alpha value is -2.04. The number of hydrogen-bond acceptors (Lipinski definition) is 3. The Kier molecular flexibility index (Phi) is 4.32. The van der Waals surface area contributed by atoms with E-state index in [4.69, 9.17) is 4.74 Å². The van der Waals surface area contributed by atoms with Gasteiger partial charge in [0.1, 0.15) is 5.75 Å². The van der Waals surface area contributed by atoms with E-state index in [-0.39, 0.29) is 18.4 Å². The molecule has 5 nitrogen and oxygen atoms in total. The summed E-state index contributed by atoms with van der Waals surface area (Å²) in [5, 5.41) is 2.76. The molecule has 0 aliphatic carbocycles. The standard InChI is InChI=1S/C17H22N2O3/c1-2-13-6-4-3-5-9-19(13)17(21)12-7-8-15-14(10-12)18-16(20)11-22-15/h7-8,10,13H,2-6,9,11H2,1H3,(H,18,20)/t13-/m0/s1. The maximum atomic E-state index is 12.9. The molecule has 0 unspecified atom stereocenters. The minimum atomic E-state index is -0.182. The summed E-state index contributed by atoms with van der Waals surface area (Å²) in [4.78, 5) is 26.3. The van der Waals surface area contributed by atoms with Gasteiger partial charge in [0.15, 0.2) is 6.61 Å². The van der Waals surface area contributed by atoms with Crippen molar-refractivity contribution in [1.29, 1.82) is 0 Å². The van der Waals surface area contributed by atoms with Gasteiger partial charge in [-0.1, -0.05) is 19.8 Å². The van der Waals surface area contributed by atoms with Crippen molar-refractivity contribution < 1.29 is 14.3 Å². The maximum absolute atomic E-state index is 12.9. The van der Waals surface area contributed by atoms with Crippen molar-refractivity contribution >= 4 is 17.5 Å². The number of amides is 2. The fourth-order valence-electron chi connectivity index (χ4n) is 3.25. The van der Waals surface area contributed by atoms with Gasteiger partial charge in [0.05, 0.1) is 5.69 Å². The van der Waals surface area contributed by atoms with Crippen LogP contribution in [0, 0.1) is 0 Å². The second-order valence-electron chi connectivity index (χ2n) is 5.96. The lowest BCUT2D eigenvalue weighted by Crippen LogP contribution is -2.39. The highest BCUT2D eigenvalue weighted by atomic mass is 16.5. The molecule has 1 fully saturated rings. The Morgan fingerprint density at radius 2 is 2.23 bits per heavy atom. The molecule has 0 bridgehead atoms. The molecule has 3 rings (SSSR count). The molecule has 0 spiro atoms. The zero-order valence-corrected chi connectivity index (χ0v) is 12.9. The third-order valence-corrected chi connectivity index (χ3v) is 4.47. The van der Waals surface area contributed by atoms with Crippen molar-refractivity contribution in [3.8, 4) is 5.75 Å². The number of nitrogens with one attached hydrogen (secondary N) is 1. The van der Waals surface area contributed by atoms with E-state index in [0.717, 1.165) is 25.8 Å². The monoisotopic (exact) mass is 302 g/mol. The van der Waals surface area contributed by atoms with Crippen LogP contribution in [0.5, 0.6) is 5.75 Å². The summed E-state index contributed by atoms with van der Waals surface area (Å²) in [7, 11) is 0. The predicted octanol–water partition coefficient (Wildman–Crippen LogP) is 2.81. The number of fused-ring (bicyclic) bond motifs is 1. The second kappa shape index (κ2) is 6.38. The lowest BCUT2D eigenvalue weighted by Gasteiger charge is -2.30. The van der Waals surface area contributed by atoms with Crippen molar-refractivity contribution in [2.75, 3.05) is 18.5 Å². The molecule has 1 aromatic carbocycles. The highest BCUT2D eigenvalue weighted by Crippen LogP contribution is 2.30. The molecule has 0 aromatic heterocycles. The smallest absolute Gasteiger partial charge is 0.262 e. The molecule has 0 radical (unpaired) electrons. The van der Waals surface area contributed by atoms with E-state index in [1.165, 1.54) is 12.8 Å². The van der Waals surface area contributed by atoms with Gasteiger partial charge in [0, 0.05) is 18.2 Å². The van der Waals surface area contributed by atoms with Gasteiger partial charge in [-0.15, -0.1) is 0 Å². The van der Waals surface area contributed by atoms with E-state index in [1.807, 2.05) is 4.90 Å². The Morgan fingerprint density at radius 3 is 3.05 bits per heavy atom. The van der Waals surface area contributed by atoms with Crippen LogP contribution >= 0.6 is 0 Å². The minimum absolute atomic E-state index is 0.0321. The van der Waals surface area contributed by atoms with E-state index in [0.29, 0.717) is 23.0 Å². The van der Waals surface area contributed by atoms with Gasteiger partial charge >= 0.3 is 0 Å². The van der Waals surface area contributed by atoms with Crippen molar-refractivity contribution in [2.45, 2.75) is 45.1 Å². The fourth-order valence-corrected chi connectivity index (χ4v) is 3.25. The van der Waals surface area contributed by atoms with Crippen molar-refractivity contribution in [3.05, 3.63) is 23.8 Å². The van der Waals surface area contributed by atoms with E-state index >= 15 is 0 Å². The van der Waals surface area contributed by atoms with Crippen LogP contribution in [0.25, 0.3) is 0 Å². The summed E-state index contributed by atoms with van der Waals surface area (Å²) in [6.07, 6.45) is 5.50. The molecule has 118 valence electrons. The number of likely N-dealkylation sites (tertiary alicyclic amines) is 1. The van der Waals surface area contributed by atoms with Crippen molar-refractivity contribution in [2.24, 2.45) is 0 Å². The van der Waals surface area contributed by atoms with Crippen LogP contribution in [0.15, 0.2) is 18.2 Å². The number of carbonyl (C=O) groups excluding carboxylic acids is 2. The summed E-state index contributed by atoms with van der Waals surface area (Å²) in [6, 6.07) is 5.60. The molecule has 22 heavy (non-hydrogen) atoms. The maximum Gasteiger partial charge on any atom is 0.262 e. The normalized spacial score (nSPS) is 21.4. The van der Waals surface area contributed by atoms with Crippen LogP contribution in [0.4, 0.5) is 5.69 Å². The first-order valence-electron chi connectivity index (χ1n) is 8.06. The molecule has 2 amide bonds. The molecule has 5 heteroatoms. The van der Waals surface area contributed by atoms with Gasteiger partial charge in [-0.3, -0.25) is 9.59 Å². The number of nitrogens with zero attached hydrogens (tertiary/aromatic N) is 1. The number of ether oxygens (including phenoxy) is 1. The quantitative estimate of drug-likeness (QED) is 0.914. The van der Waals surface area contributed by atoms with Gasteiger partial charge in [-0.2, -0.15) is 0 Å². The first-order valence-corrected chi connectivity index (χ1v) is 8.06. The summed E-state index contributed by atoms with van der Waals surface area (Å²) < 4.78 is 5.34. The third kappa shape index (κ3) is 2.93. The molecule has 0 saturated carbocycles. The Bertz CT molecular complexity index is 585. The van der Waals surface area contributed by atoms with Gasteiger partial charge in [0.2, 0.25) is 0 Å². The molecule has 2 aliphatic heterocycles. The van der Waals surface area contributed by atoms with E-state index in [9.17, 15) is 9.59 Å². The predicted molar refractivity (Wildman–Crippen MR) is 84.2 cm³/mol. The molecule has 1 aromatic rings. The first-order chi connectivity index (χ1) is 10.7. The lowest BCUT2D eigenvalue weighted by molar-refractivity contribution is -0.118. The topological polar surface area (TPSA) is 58.6 Å². The molecule has 1 N–H and O–H groups in total. The van der Waals surface area contributed by atoms with Crippen LogP contribution in [-0.2, 0) is 4.79 Å². The second-order valence-corrected chi connectivity index (χ2v) is 5.96. The zero-order valence-electron chi connectivity index (χ0n) is 12.9. The molecular weight excluding hydrogens is 280 g/mol. The van der Waals surface area contributed by atoms with Crippen LogP contribution in [0.2, 0.25) is 0 Å². The largest absolute Gasteiger partial charge is 0.482 e. The Labute approximate surface area is 130 Å². The van der Waals surface area contributed by atoms with Gasteiger partial charge in [0.25, 0.3) is 11.8 Å². The average Bonchev–Trinajstić information content (AvgIpc) is 2.78. The van der Waals surface area contributed by atoms with Gasteiger partial charge in [-0.25, -0.2) is 0 Å². The number of hydrogen-bond donors (Lipinski definition) is 1. The Balaban J connectivity index is 1.84. The van der Waals surface area contributed by atoms with Gasteiger partial charge in [-0.05, 0) is 37.5 Å². The van der Waals surface area contributed by atoms with Gasteiger partial charge < -0.3 is 15.0 Å². The molecule has 1 saturated heterocycles.